The number of benzene rings is 1. The van der Waals surface area contributed by atoms with Gasteiger partial charge in [-0.05, 0) is 31.2 Å². The first-order chi connectivity index (χ1) is 10.7. The molecule has 0 aromatic heterocycles. The van der Waals surface area contributed by atoms with Gasteiger partial charge in [-0.1, -0.05) is 30.3 Å². The average Bonchev–Trinajstić information content (AvgIpc) is 2.56. The van der Waals surface area contributed by atoms with Gasteiger partial charge in [0, 0.05) is 39.5 Å². The van der Waals surface area contributed by atoms with Crippen LogP contribution in [0.2, 0.25) is 0 Å². The summed E-state index contributed by atoms with van der Waals surface area (Å²) in [5, 5.41) is 0. The Kier molecular flexibility index (Phi) is 6.44. The zero-order chi connectivity index (χ0) is 15.8. The third-order valence-corrected chi connectivity index (χ3v) is 4.26. The van der Waals surface area contributed by atoms with Crippen LogP contribution in [0.1, 0.15) is 38.2 Å². The van der Waals surface area contributed by atoms with Crippen LogP contribution in [-0.2, 0) is 16.0 Å². The van der Waals surface area contributed by atoms with Crippen molar-refractivity contribution in [3.8, 4) is 0 Å². The molecule has 0 N–H and O–H groups in total. The molecule has 2 rings (SSSR count). The van der Waals surface area contributed by atoms with Gasteiger partial charge >= 0.3 is 0 Å². The van der Waals surface area contributed by atoms with E-state index in [0.717, 1.165) is 32.4 Å². The van der Waals surface area contributed by atoms with Crippen molar-refractivity contribution in [1.29, 1.82) is 0 Å². The van der Waals surface area contributed by atoms with E-state index in [4.69, 9.17) is 0 Å². The van der Waals surface area contributed by atoms with Crippen molar-refractivity contribution in [2.24, 2.45) is 0 Å². The fourth-order valence-corrected chi connectivity index (χ4v) is 2.87. The van der Waals surface area contributed by atoms with Crippen LogP contribution in [0, 0.1) is 0 Å². The highest BCUT2D eigenvalue weighted by Gasteiger charge is 2.18. The third kappa shape index (κ3) is 5.17. The van der Waals surface area contributed by atoms with Gasteiger partial charge in [-0.3, -0.25) is 9.59 Å². The maximum absolute atomic E-state index is 12.2. The quantitative estimate of drug-likeness (QED) is 0.810. The molecule has 22 heavy (non-hydrogen) atoms. The highest BCUT2D eigenvalue weighted by molar-refractivity contribution is 5.78. The zero-order valence-corrected chi connectivity index (χ0v) is 13.5. The fraction of sp³-hybridized carbons (Fsp3) is 0.556. The monoisotopic (exact) mass is 302 g/mol. The molecule has 1 aromatic rings. The molecule has 1 aliphatic heterocycles. The third-order valence-electron chi connectivity index (χ3n) is 4.26. The second kappa shape index (κ2) is 8.57. The number of carbonyl (C=O) groups excluding carboxylic acids is 2. The van der Waals surface area contributed by atoms with E-state index < -0.39 is 0 Å². The maximum Gasteiger partial charge on any atom is 0.224 e. The number of hydrogen-bond acceptors (Lipinski definition) is 2. The van der Waals surface area contributed by atoms with Gasteiger partial charge in [0.1, 0.15) is 0 Å². The summed E-state index contributed by atoms with van der Waals surface area (Å²) in [6.07, 6.45) is 4.71. The minimum Gasteiger partial charge on any atom is -0.343 e. The molecule has 2 amide bonds. The lowest BCUT2D eigenvalue weighted by molar-refractivity contribution is -0.134. The van der Waals surface area contributed by atoms with E-state index in [9.17, 15) is 9.59 Å². The Bertz CT molecular complexity index is 481. The highest BCUT2D eigenvalue weighted by atomic mass is 16.2. The average molecular weight is 302 g/mol. The van der Waals surface area contributed by atoms with Crippen LogP contribution in [0.25, 0.3) is 0 Å². The summed E-state index contributed by atoms with van der Waals surface area (Å²) < 4.78 is 0. The molecule has 0 unspecified atom stereocenters. The molecule has 1 saturated heterocycles. The van der Waals surface area contributed by atoms with Crippen molar-refractivity contribution in [2.75, 3.05) is 26.2 Å². The number of carbonyl (C=O) groups is 2. The second-order valence-corrected chi connectivity index (χ2v) is 5.93. The lowest BCUT2D eigenvalue weighted by Crippen LogP contribution is -2.39. The molecular weight excluding hydrogens is 276 g/mol. The van der Waals surface area contributed by atoms with Crippen molar-refractivity contribution >= 4 is 11.8 Å². The predicted molar refractivity (Wildman–Crippen MR) is 87.4 cm³/mol. The van der Waals surface area contributed by atoms with E-state index in [1.165, 1.54) is 12.0 Å². The molecule has 4 heteroatoms. The van der Waals surface area contributed by atoms with Gasteiger partial charge in [0.05, 0.1) is 0 Å². The minimum absolute atomic E-state index is 0.0439. The lowest BCUT2D eigenvalue weighted by Gasteiger charge is -2.28. The molecule has 0 aliphatic carbocycles. The van der Waals surface area contributed by atoms with Crippen molar-refractivity contribution in [1.82, 2.24) is 9.80 Å². The van der Waals surface area contributed by atoms with Crippen molar-refractivity contribution in [3.05, 3.63) is 35.9 Å². The summed E-state index contributed by atoms with van der Waals surface area (Å²) in [6, 6.07) is 10.1. The Labute approximate surface area is 133 Å². The summed E-state index contributed by atoms with van der Waals surface area (Å²) in [4.78, 5) is 27.7. The molecule has 4 nitrogen and oxygen atoms in total. The van der Waals surface area contributed by atoms with E-state index in [-0.39, 0.29) is 11.8 Å². The van der Waals surface area contributed by atoms with Crippen LogP contribution < -0.4 is 0 Å². The standard InChI is InChI=1S/C18H26N2O2/c1-16(21)19(14-10-17-8-4-2-5-9-17)15-11-18(22)20-12-6-3-7-13-20/h2,4-5,8-9H,3,6-7,10-15H2,1H3. The van der Waals surface area contributed by atoms with Gasteiger partial charge < -0.3 is 9.80 Å². The van der Waals surface area contributed by atoms with Crippen molar-refractivity contribution < 1.29 is 9.59 Å². The van der Waals surface area contributed by atoms with Gasteiger partial charge in [-0.25, -0.2) is 0 Å². The number of hydrogen-bond donors (Lipinski definition) is 0. The number of piperidine rings is 1. The first-order valence-corrected chi connectivity index (χ1v) is 8.24. The largest absolute Gasteiger partial charge is 0.343 e. The van der Waals surface area contributed by atoms with Crippen LogP contribution in [0.3, 0.4) is 0 Å². The zero-order valence-electron chi connectivity index (χ0n) is 13.5. The van der Waals surface area contributed by atoms with E-state index >= 15 is 0 Å². The maximum atomic E-state index is 12.2. The summed E-state index contributed by atoms with van der Waals surface area (Å²) in [6.45, 7) is 4.53. The summed E-state index contributed by atoms with van der Waals surface area (Å²) in [7, 11) is 0. The van der Waals surface area contributed by atoms with Gasteiger partial charge in [0.15, 0.2) is 0 Å². The first kappa shape index (κ1) is 16.5. The summed E-state index contributed by atoms with van der Waals surface area (Å²) >= 11 is 0. The summed E-state index contributed by atoms with van der Waals surface area (Å²) in [5.74, 6) is 0.230. The van der Waals surface area contributed by atoms with Crippen molar-refractivity contribution in [2.45, 2.75) is 39.0 Å². The topological polar surface area (TPSA) is 40.6 Å². The number of rotatable bonds is 6. The Morgan fingerprint density at radius 3 is 2.36 bits per heavy atom. The Balaban J connectivity index is 1.78. The normalized spacial score (nSPS) is 14.7. The molecule has 0 radical (unpaired) electrons. The van der Waals surface area contributed by atoms with E-state index in [2.05, 4.69) is 12.1 Å². The number of nitrogens with zero attached hydrogens (tertiary/aromatic N) is 2. The molecule has 120 valence electrons. The molecule has 0 bridgehead atoms. The van der Waals surface area contributed by atoms with Crippen LogP contribution >= 0.6 is 0 Å². The molecule has 1 aliphatic rings. The minimum atomic E-state index is 0.0439. The van der Waals surface area contributed by atoms with Crippen LogP contribution in [0.5, 0.6) is 0 Å². The van der Waals surface area contributed by atoms with Crippen LogP contribution in [-0.4, -0.2) is 47.8 Å². The van der Waals surface area contributed by atoms with Crippen LogP contribution in [0.4, 0.5) is 0 Å². The predicted octanol–water partition coefficient (Wildman–Crippen LogP) is 2.48. The smallest absolute Gasteiger partial charge is 0.224 e. The molecule has 1 aromatic carbocycles. The summed E-state index contributed by atoms with van der Waals surface area (Å²) in [5.41, 5.74) is 1.22. The van der Waals surface area contributed by atoms with Gasteiger partial charge in [0.25, 0.3) is 0 Å². The molecule has 0 spiro atoms. The van der Waals surface area contributed by atoms with Gasteiger partial charge in [-0.15, -0.1) is 0 Å². The lowest BCUT2D eigenvalue weighted by atomic mass is 10.1. The molecule has 0 atom stereocenters. The molecule has 0 saturated carbocycles. The number of likely N-dealkylation sites (tertiary alicyclic amines) is 1. The second-order valence-electron chi connectivity index (χ2n) is 5.93. The van der Waals surface area contributed by atoms with Crippen molar-refractivity contribution in [3.63, 3.8) is 0 Å². The highest BCUT2D eigenvalue weighted by Crippen LogP contribution is 2.10. The molecular formula is C18H26N2O2. The Hall–Kier alpha value is -1.84. The van der Waals surface area contributed by atoms with E-state index in [1.807, 2.05) is 23.1 Å². The first-order valence-electron chi connectivity index (χ1n) is 8.24. The Morgan fingerprint density at radius 2 is 1.73 bits per heavy atom. The molecule has 1 heterocycles. The van der Waals surface area contributed by atoms with E-state index in [1.54, 1.807) is 11.8 Å². The van der Waals surface area contributed by atoms with Crippen LogP contribution in [0.15, 0.2) is 30.3 Å². The SMILES string of the molecule is CC(=O)N(CCC(=O)N1CCCCC1)CCc1ccccc1. The molecule has 1 fully saturated rings. The number of amides is 2. The van der Waals surface area contributed by atoms with Gasteiger partial charge in [-0.2, -0.15) is 0 Å². The van der Waals surface area contributed by atoms with E-state index in [0.29, 0.717) is 19.5 Å². The Morgan fingerprint density at radius 1 is 1.05 bits per heavy atom. The fourth-order valence-electron chi connectivity index (χ4n) is 2.87. The van der Waals surface area contributed by atoms with Gasteiger partial charge in [0.2, 0.25) is 11.8 Å².